The van der Waals surface area contributed by atoms with Gasteiger partial charge in [0.2, 0.25) is 5.91 Å². The molecule has 0 saturated carbocycles. The number of nitrogens with zero attached hydrogens (tertiary/aromatic N) is 4. The molecule has 6 nitrogen and oxygen atoms in total. The Bertz CT molecular complexity index is 619. The van der Waals surface area contributed by atoms with E-state index in [0.29, 0.717) is 31.9 Å². The number of carbonyl (C=O) groups excluding carboxylic acids is 1. The minimum atomic E-state index is -0.0842. The van der Waals surface area contributed by atoms with Crippen LogP contribution in [0.4, 0.5) is 5.69 Å². The van der Waals surface area contributed by atoms with E-state index in [1.54, 1.807) is 0 Å². The molecule has 134 valence electrons. The maximum absolute atomic E-state index is 12.7. The number of ether oxygens (including phenoxy) is 1. The molecule has 1 aromatic rings. The minimum Gasteiger partial charge on any atom is -0.378 e. The van der Waals surface area contributed by atoms with Crippen molar-refractivity contribution in [1.29, 1.82) is 5.26 Å². The van der Waals surface area contributed by atoms with E-state index in [0.717, 1.165) is 38.3 Å². The third-order valence-corrected chi connectivity index (χ3v) is 5.12. The highest BCUT2D eigenvalue weighted by atomic mass is 16.5. The van der Waals surface area contributed by atoms with E-state index in [1.807, 2.05) is 36.1 Å². The Hall–Kier alpha value is -2.10. The summed E-state index contributed by atoms with van der Waals surface area (Å²) in [6.45, 7) is 8.39. The summed E-state index contributed by atoms with van der Waals surface area (Å²) in [4.78, 5) is 19.3. The van der Waals surface area contributed by atoms with Gasteiger partial charge >= 0.3 is 0 Å². The van der Waals surface area contributed by atoms with Gasteiger partial charge in [-0.25, -0.2) is 0 Å². The fourth-order valence-electron chi connectivity index (χ4n) is 3.53. The average molecular weight is 342 g/mol. The lowest BCUT2D eigenvalue weighted by atomic mass is 10.2. The average Bonchev–Trinajstić information content (AvgIpc) is 2.94. The molecule has 1 atom stereocenters. The van der Waals surface area contributed by atoms with Crippen LogP contribution < -0.4 is 4.90 Å². The predicted molar refractivity (Wildman–Crippen MR) is 96.4 cm³/mol. The van der Waals surface area contributed by atoms with Crippen molar-refractivity contribution in [3.05, 3.63) is 29.8 Å². The summed E-state index contributed by atoms with van der Waals surface area (Å²) in [5.41, 5.74) is 1.83. The molecule has 2 aliphatic rings. The summed E-state index contributed by atoms with van der Waals surface area (Å²) in [7, 11) is 0. The Morgan fingerprint density at radius 1 is 1.08 bits per heavy atom. The van der Waals surface area contributed by atoms with Crippen molar-refractivity contribution >= 4 is 11.6 Å². The van der Waals surface area contributed by atoms with E-state index in [2.05, 4.69) is 15.9 Å². The van der Waals surface area contributed by atoms with Crippen LogP contribution in [0, 0.1) is 11.3 Å². The topological polar surface area (TPSA) is 59.8 Å². The second kappa shape index (κ2) is 8.32. The van der Waals surface area contributed by atoms with Crippen LogP contribution in [-0.2, 0) is 9.53 Å². The molecule has 0 spiro atoms. The van der Waals surface area contributed by atoms with Gasteiger partial charge in [-0.3, -0.25) is 9.69 Å². The van der Waals surface area contributed by atoms with Gasteiger partial charge in [-0.2, -0.15) is 5.26 Å². The summed E-state index contributed by atoms with van der Waals surface area (Å²) in [5, 5.41) is 8.93. The van der Waals surface area contributed by atoms with E-state index in [4.69, 9.17) is 10.00 Å². The highest BCUT2D eigenvalue weighted by Crippen LogP contribution is 2.18. The van der Waals surface area contributed by atoms with Gasteiger partial charge in [0.05, 0.1) is 30.9 Å². The standard InChI is InChI=1S/C19H26N4O2/c1-16(19(24)23-11-13-25-14-12-23)21-7-2-8-22(10-9-21)18-5-3-17(15-20)4-6-18/h3-6,16H,2,7-14H2,1H3/t16-/m1/s1. The number of morpholine rings is 1. The molecule has 25 heavy (non-hydrogen) atoms. The lowest BCUT2D eigenvalue weighted by Gasteiger charge is -2.34. The molecule has 2 saturated heterocycles. The van der Waals surface area contributed by atoms with Crippen molar-refractivity contribution in [3.63, 3.8) is 0 Å². The van der Waals surface area contributed by atoms with Crippen LogP contribution in [0.5, 0.6) is 0 Å². The summed E-state index contributed by atoms with van der Waals surface area (Å²) in [6, 6.07) is 9.82. The van der Waals surface area contributed by atoms with Gasteiger partial charge < -0.3 is 14.5 Å². The zero-order valence-electron chi connectivity index (χ0n) is 14.9. The summed E-state index contributed by atoms with van der Waals surface area (Å²) in [6.07, 6.45) is 1.03. The quantitative estimate of drug-likeness (QED) is 0.829. The number of benzene rings is 1. The number of hydrogen-bond donors (Lipinski definition) is 0. The molecule has 2 aliphatic heterocycles. The van der Waals surface area contributed by atoms with Crippen LogP contribution in [0.15, 0.2) is 24.3 Å². The highest BCUT2D eigenvalue weighted by molar-refractivity contribution is 5.81. The molecule has 0 aromatic heterocycles. The summed E-state index contributed by atoms with van der Waals surface area (Å²) in [5.74, 6) is 0.218. The highest BCUT2D eigenvalue weighted by Gasteiger charge is 2.28. The summed E-state index contributed by atoms with van der Waals surface area (Å²) >= 11 is 0. The largest absolute Gasteiger partial charge is 0.378 e. The van der Waals surface area contributed by atoms with E-state index in [-0.39, 0.29) is 11.9 Å². The molecule has 1 amide bonds. The molecule has 0 aliphatic carbocycles. The second-order valence-electron chi connectivity index (χ2n) is 6.65. The number of hydrogen-bond acceptors (Lipinski definition) is 5. The Kier molecular flexibility index (Phi) is 5.90. The molecule has 0 N–H and O–H groups in total. The van der Waals surface area contributed by atoms with Crippen LogP contribution in [0.1, 0.15) is 18.9 Å². The zero-order chi connectivity index (χ0) is 17.6. The Morgan fingerprint density at radius 3 is 2.48 bits per heavy atom. The van der Waals surface area contributed by atoms with Gasteiger partial charge in [0.1, 0.15) is 0 Å². The summed E-state index contributed by atoms with van der Waals surface area (Å²) < 4.78 is 5.34. The van der Waals surface area contributed by atoms with Gasteiger partial charge in [0.15, 0.2) is 0 Å². The van der Waals surface area contributed by atoms with Crippen molar-refractivity contribution < 1.29 is 9.53 Å². The molecular formula is C19H26N4O2. The monoisotopic (exact) mass is 342 g/mol. The first-order chi connectivity index (χ1) is 12.2. The number of rotatable bonds is 3. The molecule has 0 radical (unpaired) electrons. The third-order valence-electron chi connectivity index (χ3n) is 5.12. The zero-order valence-corrected chi connectivity index (χ0v) is 14.9. The molecule has 3 rings (SSSR count). The van der Waals surface area contributed by atoms with Crippen LogP contribution in [-0.4, -0.2) is 74.2 Å². The first kappa shape index (κ1) is 17.7. The molecule has 2 fully saturated rings. The van der Waals surface area contributed by atoms with E-state index < -0.39 is 0 Å². The molecule has 0 bridgehead atoms. The molecule has 1 aromatic carbocycles. The van der Waals surface area contributed by atoms with Gasteiger partial charge in [0.25, 0.3) is 0 Å². The molecular weight excluding hydrogens is 316 g/mol. The van der Waals surface area contributed by atoms with Gasteiger partial charge in [-0.15, -0.1) is 0 Å². The predicted octanol–water partition coefficient (Wildman–Crippen LogP) is 1.32. The smallest absolute Gasteiger partial charge is 0.239 e. The Morgan fingerprint density at radius 2 is 1.80 bits per heavy atom. The van der Waals surface area contributed by atoms with E-state index in [9.17, 15) is 4.79 Å². The van der Waals surface area contributed by atoms with Crippen molar-refractivity contribution in [3.8, 4) is 6.07 Å². The maximum atomic E-state index is 12.7. The van der Waals surface area contributed by atoms with Crippen molar-refractivity contribution in [2.75, 3.05) is 57.4 Å². The number of nitriles is 1. The Balaban J connectivity index is 1.58. The third kappa shape index (κ3) is 4.30. The second-order valence-corrected chi connectivity index (χ2v) is 6.65. The van der Waals surface area contributed by atoms with Gasteiger partial charge in [-0.05, 0) is 37.6 Å². The van der Waals surface area contributed by atoms with Gasteiger partial charge in [-0.1, -0.05) is 0 Å². The van der Waals surface area contributed by atoms with Crippen LogP contribution in [0.2, 0.25) is 0 Å². The first-order valence-corrected chi connectivity index (χ1v) is 9.05. The molecule has 2 heterocycles. The van der Waals surface area contributed by atoms with E-state index in [1.165, 1.54) is 0 Å². The van der Waals surface area contributed by atoms with Gasteiger partial charge in [0, 0.05) is 45.0 Å². The van der Waals surface area contributed by atoms with Crippen LogP contribution in [0.3, 0.4) is 0 Å². The molecule has 6 heteroatoms. The normalized spacial score (nSPS) is 20.6. The molecule has 0 unspecified atom stereocenters. The fourth-order valence-corrected chi connectivity index (χ4v) is 3.53. The fraction of sp³-hybridized carbons (Fsp3) is 0.579. The van der Waals surface area contributed by atoms with Crippen molar-refractivity contribution in [1.82, 2.24) is 9.80 Å². The number of carbonyl (C=O) groups is 1. The Labute approximate surface area is 149 Å². The van der Waals surface area contributed by atoms with Crippen molar-refractivity contribution in [2.45, 2.75) is 19.4 Å². The number of anilines is 1. The minimum absolute atomic E-state index is 0.0842. The maximum Gasteiger partial charge on any atom is 0.239 e. The van der Waals surface area contributed by atoms with Crippen LogP contribution in [0.25, 0.3) is 0 Å². The van der Waals surface area contributed by atoms with Crippen molar-refractivity contribution in [2.24, 2.45) is 0 Å². The SMILES string of the molecule is C[C@H](C(=O)N1CCOCC1)N1CCCN(c2ccc(C#N)cc2)CC1. The number of amides is 1. The first-order valence-electron chi connectivity index (χ1n) is 9.05. The lowest BCUT2D eigenvalue weighted by molar-refractivity contribution is -0.140. The van der Waals surface area contributed by atoms with Crippen LogP contribution >= 0.6 is 0 Å². The lowest BCUT2D eigenvalue weighted by Crippen LogP contribution is -2.51. The van der Waals surface area contributed by atoms with E-state index >= 15 is 0 Å².